The maximum atomic E-state index is 13.4. The molecule has 0 spiro atoms. The van der Waals surface area contributed by atoms with Crippen LogP contribution in [-0.4, -0.2) is 139 Å². The summed E-state index contributed by atoms with van der Waals surface area (Å²) in [6, 6.07) is 16.4. The minimum atomic E-state index is -0.359. The van der Waals surface area contributed by atoms with Crippen molar-refractivity contribution in [3.05, 3.63) is 81.9 Å². The summed E-state index contributed by atoms with van der Waals surface area (Å²) in [6.07, 6.45) is 4.95. The van der Waals surface area contributed by atoms with E-state index < -0.39 is 0 Å². The summed E-state index contributed by atoms with van der Waals surface area (Å²) >= 11 is 0. The van der Waals surface area contributed by atoms with Gasteiger partial charge in [0.2, 0.25) is 11.5 Å². The van der Waals surface area contributed by atoms with E-state index in [1.165, 1.54) is 22.3 Å². The SMILES string of the molecule is COc1cc2c(cc1OC)[C@@H](Cc1cc(OC)c(OC)c(OC)c1)[N@+](C)(CCCOC(=O)CCC(=O)CCC[N@+]1(C)CCc3cc(OC)c(OC)cc3[C@H]1Cc1cc(OC)c(OC)c(OC)c1)CC2. The molecule has 69 heavy (non-hydrogen) atoms. The number of likely N-dealkylation sites (N-methyl/N-ethyl adjacent to an activating group) is 2. The van der Waals surface area contributed by atoms with Crippen LogP contribution in [0.3, 0.4) is 0 Å². The number of Topliss-reactive ketones (excluding diaryl/α,β-unsaturated/α-hetero) is 1. The van der Waals surface area contributed by atoms with Gasteiger partial charge in [-0.3, -0.25) is 9.59 Å². The fourth-order valence-corrected chi connectivity index (χ4v) is 10.5. The number of quaternary nitrogens is 2. The number of hydrogen-bond acceptors (Lipinski definition) is 13. The highest BCUT2D eigenvalue weighted by molar-refractivity contribution is 5.82. The second-order valence-corrected chi connectivity index (χ2v) is 18.4. The summed E-state index contributed by atoms with van der Waals surface area (Å²) in [5.41, 5.74) is 6.86. The molecule has 0 N–H and O–H groups in total. The molecule has 376 valence electrons. The first-order valence-electron chi connectivity index (χ1n) is 23.7. The highest BCUT2D eigenvalue weighted by Gasteiger charge is 2.42. The topological polar surface area (TPSA) is 136 Å². The molecule has 2 aliphatic heterocycles. The fourth-order valence-electron chi connectivity index (χ4n) is 10.5. The van der Waals surface area contributed by atoms with Crippen LogP contribution in [0.25, 0.3) is 0 Å². The number of ketones is 1. The Hall–Kier alpha value is -6.06. The fraction of sp³-hybridized carbons (Fsp3) is 0.519. The Morgan fingerprint density at radius 3 is 1.22 bits per heavy atom. The number of methoxy groups -OCH3 is 10. The third-order valence-electron chi connectivity index (χ3n) is 14.4. The van der Waals surface area contributed by atoms with Crippen molar-refractivity contribution in [3.8, 4) is 57.5 Å². The van der Waals surface area contributed by atoms with Crippen LogP contribution in [0, 0.1) is 0 Å². The van der Waals surface area contributed by atoms with Crippen molar-refractivity contribution < 1.29 is 70.7 Å². The quantitative estimate of drug-likeness (QED) is 0.0360. The largest absolute Gasteiger partial charge is 0.493 e. The molecular weight excluding hydrogens is 885 g/mol. The van der Waals surface area contributed by atoms with Crippen LogP contribution in [0.4, 0.5) is 0 Å². The molecule has 0 saturated heterocycles. The molecule has 4 aromatic carbocycles. The number of carbonyl (C=O) groups excluding carboxylic acids is 2. The van der Waals surface area contributed by atoms with Crippen molar-refractivity contribution in [3.63, 3.8) is 0 Å². The summed E-state index contributed by atoms with van der Waals surface area (Å²) in [5.74, 6) is 5.92. The molecule has 0 saturated carbocycles. The van der Waals surface area contributed by atoms with E-state index in [0.29, 0.717) is 98.6 Å². The highest BCUT2D eigenvalue weighted by atomic mass is 16.5. The average molecular weight is 959 g/mol. The van der Waals surface area contributed by atoms with Gasteiger partial charge >= 0.3 is 5.97 Å². The first kappa shape index (κ1) is 52.3. The zero-order chi connectivity index (χ0) is 49.9. The summed E-state index contributed by atoms with van der Waals surface area (Å²) in [6.45, 7) is 3.53. The van der Waals surface area contributed by atoms with E-state index in [4.69, 9.17) is 52.1 Å². The standard InChI is InChI=1S/C54H74N2O13/c1-55(22-18-37-31-44(59-3)46(61-5)33-40(37)42(55)25-35-27-48(63-7)53(67-11)49(28-35)64-8)20-13-15-39(57)16-17-52(58)69-24-14-21-56(2)23-19-38-32-45(60-4)47(62-6)34-41(38)43(56)26-36-29-50(65-9)54(68-12)51(30-36)66-10/h27-34,42-43H,13-26H2,1-12H3/q+2/t42-,43-,55-,56-/m1/s1. The molecule has 15 heteroatoms. The van der Waals surface area contributed by atoms with Gasteiger partial charge in [-0.2, -0.15) is 0 Å². The van der Waals surface area contributed by atoms with Gasteiger partial charge in [-0.1, -0.05) is 0 Å². The number of carbonyl (C=O) groups is 2. The second-order valence-electron chi connectivity index (χ2n) is 18.4. The Balaban J connectivity index is 1.07. The lowest BCUT2D eigenvalue weighted by atomic mass is 9.85. The zero-order valence-corrected chi connectivity index (χ0v) is 42.9. The molecule has 0 amide bonds. The number of benzene rings is 4. The normalized spacial score (nSPS) is 19.3. The monoisotopic (exact) mass is 959 g/mol. The van der Waals surface area contributed by atoms with Crippen molar-refractivity contribution >= 4 is 11.8 Å². The molecule has 0 fully saturated rings. The van der Waals surface area contributed by atoms with E-state index in [0.717, 1.165) is 50.1 Å². The summed E-state index contributed by atoms with van der Waals surface area (Å²) < 4.78 is 64.2. The third kappa shape index (κ3) is 11.7. The van der Waals surface area contributed by atoms with E-state index in [9.17, 15) is 9.59 Å². The highest BCUT2D eigenvalue weighted by Crippen LogP contribution is 2.47. The first-order valence-corrected chi connectivity index (χ1v) is 23.7. The lowest BCUT2D eigenvalue weighted by Gasteiger charge is -2.46. The number of esters is 1. The molecule has 0 unspecified atom stereocenters. The maximum Gasteiger partial charge on any atom is 0.306 e. The van der Waals surface area contributed by atoms with Crippen LogP contribution >= 0.6 is 0 Å². The van der Waals surface area contributed by atoms with Crippen LogP contribution in [0.2, 0.25) is 0 Å². The van der Waals surface area contributed by atoms with Gasteiger partial charge in [0.05, 0.1) is 124 Å². The van der Waals surface area contributed by atoms with Gasteiger partial charge in [0.15, 0.2) is 46.0 Å². The first-order chi connectivity index (χ1) is 33.2. The van der Waals surface area contributed by atoms with Crippen molar-refractivity contribution in [2.75, 3.05) is 118 Å². The summed E-state index contributed by atoms with van der Waals surface area (Å²) in [4.78, 5) is 26.5. The van der Waals surface area contributed by atoms with E-state index in [-0.39, 0.29) is 43.3 Å². The van der Waals surface area contributed by atoms with Crippen molar-refractivity contribution in [2.45, 2.75) is 69.9 Å². The Morgan fingerprint density at radius 1 is 0.464 bits per heavy atom. The van der Waals surface area contributed by atoms with Gasteiger partial charge in [0.25, 0.3) is 0 Å². The Morgan fingerprint density at radius 2 is 0.841 bits per heavy atom. The lowest BCUT2D eigenvalue weighted by Crippen LogP contribution is -2.52. The Kier molecular flexibility index (Phi) is 17.8. The molecule has 2 aliphatic rings. The van der Waals surface area contributed by atoms with Crippen LogP contribution in [0.1, 0.15) is 77.6 Å². The second kappa shape index (κ2) is 23.5. The molecule has 0 radical (unpaired) electrons. The molecule has 15 nitrogen and oxygen atoms in total. The average Bonchev–Trinajstić information content (AvgIpc) is 3.37. The van der Waals surface area contributed by atoms with Gasteiger partial charge < -0.3 is 61.1 Å². The number of ether oxygens (including phenoxy) is 11. The van der Waals surface area contributed by atoms with Crippen molar-refractivity contribution in [1.29, 1.82) is 0 Å². The van der Waals surface area contributed by atoms with E-state index in [1.807, 2.05) is 24.3 Å². The zero-order valence-electron chi connectivity index (χ0n) is 42.9. The number of nitrogens with zero attached hydrogens (tertiary/aromatic N) is 2. The van der Waals surface area contributed by atoms with E-state index in [2.05, 4.69) is 38.4 Å². The molecule has 0 aromatic heterocycles. The minimum Gasteiger partial charge on any atom is -0.493 e. The number of hydrogen-bond donors (Lipinski definition) is 0. The summed E-state index contributed by atoms with van der Waals surface area (Å²) in [7, 11) is 20.8. The Bertz CT molecular complexity index is 2370. The van der Waals surface area contributed by atoms with Crippen molar-refractivity contribution in [2.24, 2.45) is 0 Å². The lowest BCUT2D eigenvalue weighted by molar-refractivity contribution is -0.941. The third-order valence-corrected chi connectivity index (χ3v) is 14.4. The molecule has 0 aliphatic carbocycles. The molecule has 0 bridgehead atoms. The van der Waals surface area contributed by atoms with Crippen LogP contribution < -0.4 is 47.4 Å². The van der Waals surface area contributed by atoms with Crippen LogP contribution in [0.5, 0.6) is 57.5 Å². The van der Waals surface area contributed by atoms with Gasteiger partial charge in [-0.05, 0) is 70.8 Å². The molecule has 4 atom stereocenters. The van der Waals surface area contributed by atoms with Crippen LogP contribution in [0.15, 0.2) is 48.5 Å². The molecule has 6 rings (SSSR count). The number of rotatable bonds is 25. The van der Waals surface area contributed by atoms with Gasteiger partial charge in [0, 0.05) is 62.5 Å². The van der Waals surface area contributed by atoms with Gasteiger partial charge in [0.1, 0.15) is 17.9 Å². The number of fused-ring (bicyclic) bond motifs is 2. The molecular formula is C54H74N2O13+2. The molecule has 4 aromatic rings. The smallest absolute Gasteiger partial charge is 0.306 e. The molecule has 2 heterocycles. The predicted molar refractivity (Wildman–Crippen MR) is 262 cm³/mol. The summed E-state index contributed by atoms with van der Waals surface area (Å²) in [5, 5.41) is 0. The Labute approximate surface area is 408 Å². The predicted octanol–water partition coefficient (Wildman–Crippen LogP) is 8.11. The minimum absolute atomic E-state index is 0.0294. The van der Waals surface area contributed by atoms with E-state index >= 15 is 0 Å². The van der Waals surface area contributed by atoms with E-state index in [1.54, 1.807) is 71.1 Å². The van der Waals surface area contributed by atoms with Crippen LogP contribution in [-0.2, 0) is 40.0 Å². The van der Waals surface area contributed by atoms with Crippen molar-refractivity contribution in [1.82, 2.24) is 0 Å². The maximum absolute atomic E-state index is 13.4. The van der Waals surface area contributed by atoms with Gasteiger partial charge in [-0.25, -0.2) is 0 Å². The van der Waals surface area contributed by atoms with Gasteiger partial charge in [-0.15, -0.1) is 0 Å².